The summed E-state index contributed by atoms with van der Waals surface area (Å²) < 4.78 is 7.55. The van der Waals surface area contributed by atoms with Crippen LogP contribution in [-0.2, 0) is 11.8 Å². The van der Waals surface area contributed by atoms with Gasteiger partial charge in [-0.15, -0.1) is 10.2 Å². The van der Waals surface area contributed by atoms with E-state index in [0.717, 1.165) is 12.4 Å². The number of rotatable bonds is 3. The van der Waals surface area contributed by atoms with Crippen molar-refractivity contribution < 1.29 is 9.53 Å². The largest absolute Gasteiger partial charge is 0.366 e. The van der Waals surface area contributed by atoms with Crippen molar-refractivity contribution >= 4 is 17.8 Å². The molecule has 1 aromatic heterocycles. The number of thioether (sulfide) groups is 1. The summed E-state index contributed by atoms with van der Waals surface area (Å²) in [4.78, 5) is 14.1. The van der Waals surface area contributed by atoms with Gasteiger partial charge in [0.1, 0.15) is 12.4 Å². The number of urea groups is 1. The van der Waals surface area contributed by atoms with Crippen LogP contribution < -0.4 is 5.32 Å². The third-order valence-corrected chi connectivity index (χ3v) is 5.29. The molecule has 0 bridgehead atoms. The number of nitrogens with zero attached hydrogens (tertiary/aromatic N) is 4. The van der Waals surface area contributed by atoms with Crippen LogP contribution in [-0.4, -0.2) is 62.9 Å². The monoisotopic (exact) mass is 311 g/mol. The lowest BCUT2D eigenvalue weighted by Crippen LogP contribution is -2.48. The SMILES string of the molecule is Cn1cnnc1[C@H]1CN(C(=O)NC[C@H]2CCCS2)CCO1. The predicted octanol–water partition coefficient (Wildman–Crippen LogP) is 0.794. The fraction of sp³-hybridized carbons (Fsp3) is 0.769. The van der Waals surface area contributed by atoms with Gasteiger partial charge in [0.2, 0.25) is 0 Å². The summed E-state index contributed by atoms with van der Waals surface area (Å²) in [5.74, 6) is 1.98. The first-order valence-corrected chi connectivity index (χ1v) is 8.39. The van der Waals surface area contributed by atoms with E-state index in [0.29, 0.717) is 24.9 Å². The fourth-order valence-electron chi connectivity index (χ4n) is 2.69. The lowest BCUT2D eigenvalue weighted by atomic mass is 10.2. The molecular weight excluding hydrogens is 290 g/mol. The normalized spacial score (nSPS) is 26.0. The van der Waals surface area contributed by atoms with E-state index in [1.807, 2.05) is 28.3 Å². The molecular formula is C13H21N5O2S. The summed E-state index contributed by atoms with van der Waals surface area (Å²) in [5.41, 5.74) is 0. The Bertz CT molecular complexity index is 489. The Morgan fingerprint density at radius 3 is 3.24 bits per heavy atom. The van der Waals surface area contributed by atoms with Crippen molar-refractivity contribution in [2.24, 2.45) is 7.05 Å². The van der Waals surface area contributed by atoms with Crippen LogP contribution in [0.4, 0.5) is 4.79 Å². The summed E-state index contributed by atoms with van der Waals surface area (Å²) in [5, 5.41) is 11.6. The molecule has 116 valence electrons. The minimum absolute atomic E-state index is 0.00188. The first-order chi connectivity index (χ1) is 10.2. The van der Waals surface area contributed by atoms with Crippen molar-refractivity contribution in [2.75, 3.05) is 32.0 Å². The standard InChI is InChI=1S/C13H21N5O2S/c1-17-9-15-16-12(17)11-8-18(4-5-20-11)13(19)14-7-10-3-2-6-21-10/h9-11H,2-8H2,1H3,(H,14,19)/t10-,11-/m1/s1. The van der Waals surface area contributed by atoms with Gasteiger partial charge in [-0.2, -0.15) is 11.8 Å². The molecule has 0 aromatic carbocycles. The van der Waals surface area contributed by atoms with E-state index in [1.54, 1.807) is 6.33 Å². The Kier molecular flexibility index (Phi) is 4.64. The lowest BCUT2D eigenvalue weighted by Gasteiger charge is -2.32. The molecule has 2 amide bonds. The summed E-state index contributed by atoms with van der Waals surface area (Å²) in [6.45, 7) is 2.44. The number of aromatic nitrogens is 3. The highest BCUT2D eigenvalue weighted by Crippen LogP contribution is 2.25. The third kappa shape index (κ3) is 3.49. The van der Waals surface area contributed by atoms with Gasteiger partial charge in [0.15, 0.2) is 5.82 Å². The van der Waals surface area contributed by atoms with Gasteiger partial charge < -0.3 is 19.5 Å². The van der Waals surface area contributed by atoms with E-state index in [1.165, 1.54) is 18.6 Å². The van der Waals surface area contributed by atoms with E-state index < -0.39 is 0 Å². The van der Waals surface area contributed by atoms with Crippen LogP contribution in [0.25, 0.3) is 0 Å². The van der Waals surface area contributed by atoms with Crippen molar-refractivity contribution in [2.45, 2.75) is 24.2 Å². The summed E-state index contributed by atoms with van der Waals surface area (Å²) >= 11 is 1.95. The highest BCUT2D eigenvalue weighted by atomic mass is 32.2. The number of nitrogens with one attached hydrogen (secondary N) is 1. The number of ether oxygens (including phenoxy) is 1. The third-order valence-electron chi connectivity index (χ3n) is 3.89. The molecule has 0 radical (unpaired) electrons. The van der Waals surface area contributed by atoms with Crippen LogP contribution in [0, 0.1) is 0 Å². The molecule has 2 aliphatic rings. The molecule has 2 fully saturated rings. The zero-order valence-electron chi connectivity index (χ0n) is 12.2. The van der Waals surface area contributed by atoms with E-state index in [4.69, 9.17) is 4.74 Å². The van der Waals surface area contributed by atoms with Gasteiger partial charge in [-0.05, 0) is 18.6 Å². The maximum atomic E-state index is 12.3. The lowest BCUT2D eigenvalue weighted by molar-refractivity contribution is -0.0214. The second-order valence-electron chi connectivity index (χ2n) is 5.43. The zero-order valence-corrected chi connectivity index (χ0v) is 13.0. The Morgan fingerprint density at radius 1 is 1.62 bits per heavy atom. The van der Waals surface area contributed by atoms with Crippen LogP contribution in [0.15, 0.2) is 6.33 Å². The van der Waals surface area contributed by atoms with E-state index in [2.05, 4.69) is 15.5 Å². The summed E-state index contributed by atoms with van der Waals surface area (Å²) in [6.07, 6.45) is 3.92. The van der Waals surface area contributed by atoms with Crippen LogP contribution >= 0.6 is 11.8 Å². The first-order valence-electron chi connectivity index (χ1n) is 7.34. The van der Waals surface area contributed by atoms with Gasteiger partial charge in [0, 0.05) is 25.4 Å². The van der Waals surface area contributed by atoms with E-state index in [-0.39, 0.29) is 12.1 Å². The maximum Gasteiger partial charge on any atom is 0.317 e. The van der Waals surface area contributed by atoms with Crippen LogP contribution in [0.1, 0.15) is 24.8 Å². The summed E-state index contributed by atoms with van der Waals surface area (Å²) in [6, 6.07) is -0.00188. The minimum Gasteiger partial charge on any atom is -0.366 e. The molecule has 3 rings (SSSR count). The van der Waals surface area contributed by atoms with Gasteiger partial charge in [0.25, 0.3) is 0 Å². The number of aryl methyl sites for hydroxylation is 1. The molecule has 1 aromatic rings. The Balaban J connectivity index is 1.53. The Labute approximate surface area is 128 Å². The van der Waals surface area contributed by atoms with Gasteiger partial charge in [-0.1, -0.05) is 0 Å². The molecule has 0 spiro atoms. The average molecular weight is 311 g/mol. The number of hydrogen-bond donors (Lipinski definition) is 1. The molecule has 1 N–H and O–H groups in total. The minimum atomic E-state index is -0.196. The Hall–Kier alpha value is -1.28. The highest BCUT2D eigenvalue weighted by molar-refractivity contribution is 8.00. The van der Waals surface area contributed by atoms with Crippen molar-refractivity contribution in [3.05, 3.63) is 12.2 Å². The number of amides is 2. The van der Waals surface area contributed by atoms with Crippen LogP contribution in [0.5, 0.6) is 0 Å². The van der Waals surface area contributed by atoms with Gasteiger partial charge in [-0.25, -0.2) is 4.79 Å². The Morgan fingerprint density at radius 2 is 2.52 bits per heavy atom. The smallest absolute Gasteiger partial charge is 0.317 e. The van der Waals surface area contributed by atoms with E-state index >= 15 is 0 Å². The predicted molar refractivity (Wildman–Crippen MR) is 80.1 cm³/mol. The molecule has 0 unspecified atom stereocenters. The molecule has 21 heavy (non-hydrogen) atoms. The first kappa shape index (κ1) is 14.6. The van der Waals surface area contributed by atoms with Crippen LogP contribution in [0.3, 0.4) is 0 Å². The molecule has 3 heterocycles. The van der Waals surface area contributed by atoms with Gasteiger partial charge in [0.05, 0.1) is 13.2 Å². The number of carbonyl (C=O) groups is 1. The maximum absolute atomic E-state index is 12.3. The zero-order chi connectivity index (χ0) is 14.7. The fourth-order valence-corrected chi connectivity index (χ4v) is 3.89. The van der Waals surface area contributed by atoms with Crippen molar-refractivity contribution in [1.29, 1.82) is 0 Å². The number of carbonyl (C=O) groups excluding carboxylic acids is 1. The van der Waals surface area contributed by atoms with Crippen molar-refractivity contribution in [1.82, 2.24) is 25.0 Å². The molecule has 0 saturated carbocycles. The second kappa shape index (κ2) is 6.65. The second-order valence-corrected chi connectivity index (χ2v) is 6.83. The average Bonchev–Trinajstić information content (AvgIpc) is 3.16. The van der Waals surface area contributed by atoms with Crippen molar-refractivity contribution in [3.8, 4) is 0 Å². The topological polar surface area (TPSA) is 72.3 Å². The molecule has 2 aliphatic heterocycles. The molecule has 2 saturated heterocycles. The quantitative estimate of drug-likeness (QED) is 0.894. The number of hydrogen-bond acceptors (Lipinski definition) is 5. The van der Waals surface area contributed by atoms with Crippen LogP contribution in [0.2, 0.25) is 0 Å². The summed E-state index contributed by atoms with van der Waals surface area (Å²) in [7, 11) is 1.88. The molecule has 2 atom stereocenters. The highest BCUT2D eigenvalue weighted by Gasteiger charge is 2.28. The van der Waals surface area contributed by atoms with E-state index in [9.17, 15) is 4.79 Å². The molecule has 0 aliphatic carbocycles. The number of morpholine rings is 1. The molecule has 7 nitrogen and oxygen atoms in total. The molecule has 8 heteroatoms. The van der Waals surface area contributed by atoms with Crippen molar-refractivity contribution in [3.63, 3.8) is 0 Å². The van der Waals surface area contributed by atoms with Gasteiger partial charge in [-0.3, -0.25) is 0 Å². The van der Waals surface area contributed by atoms with Gasteiger partial charge >= 0.3 is 6.03 Å².